The molecular weight excluding hydrogens is 194 g/mol. The van der Waals surface area contributed by atoms with Gasteiger partial charge in [-0.3, -0.25) is 4.79 Å². The second-order valence-electron chi connectivity index (χ2n) is 4.23. The highest BCUT2D eigenvalue weighted by Crippen LogP contribution is 2.14. The molecule has 0 aromatic heterocycles. The average Bonchev–Trinajstić information content (AvgIpc) is 2.67. The van der Waals surface area contributed by atoms with E-state index in [0.29, 0.717) is 5.92 Å². The lowest BCUT2D eigenvalue weighted by molar-refractivity contribution is -0.127. The summed E-state index contributed by atoms with van der Waals surface area (Å²) in [7, 11) is 0. The lowest BCUT2D eigenvalue weighted by Crippen LogP contribution is -2.30. The van der Waals surface area contributed by atoms with Crippen LogP contribution in [0.3, 0.4) is 0 Å². The first kappa shape index (κ1) is 12.5. The van der Waals surface area contributed by atoms with Crippen LogP contribution in [-0.4, -0.2) is 38.4 Å². The zero-order valence-electron chi connectivity index (χ0n) is 9.62. The molecule has 4 heteroatoms. The molecule has 1 atom stereocenters. The van der Waals surface area contributed by atoms with E-state index in [-0.39, 0.29) is 18.6 Å². The zero-order valence-corrected chi connectivity index (χ0v) is 9.62. The van der Waals surface area contributed by atoms with Gasteiger partial charge in [-0.15, -0.1) is 0 Å². The number of carbonyl (C=O) groups is 1. The second kappa shape index (κ2) is 6.80. The Labute approximate surface area is 91.3 Å². The Hall–Kier alpha value is -0.610. The van der Waals surface area contributed by atoms with Gasteiger partial charge in [0, 0.05) is 19.8 Å². The number of hydrogen-bond donors (Lipinski definition) is 1. The van der Waals surface area contributed by atoms with Crippen LogP contribution in [-0.2, 0) is 14.3 Å². The SMILES string of the molecule is CC(C)OCC(=O)NCCC1CCOC1. The lowest BCUT2D eigenvalue weighted by atomic mass is 10.1. The van der Waals surface area contributed by atoms with Crippen molar-refractivity contribution in [2.24, 2.45) is 5.92 Å². The van der Waals surface area contributed by atoms with Crippen molar-refractivity contribution < 1.29 is 14.3 Å². The van der Waals surface area contributed by atoms with Crippen molar-refractivity contribution in [3.05, 3.63) is 0 Å². The number of nitrogens with one attached hydrogen (secondary N) is 1. The number of ether oxygens (including phenoxy) is 2. The molecule has 1 N–H and O–H groups in total. The minimum atomic E-state index is -0.0254. The molecule has 0 aliphatic carbocycles. The van der Waals surface area contributed by atoms with E-state index in [0.717, 1.165) is 32.6 Å². The summed E-state index contributed by atoms with van der Waals surface area (Å²) in [6.45, 7) is 6.45. The van der Waals surface area contributed by atoms with Crippen LogP contribution in [0.1, 0.15) is 26.7 Å². The smallest absolute Gasteiger partial charge is 0.246 e. The molecule has 1 aliphatic rings. The van der Waals surface area contributed by atoms with E-state index >= 15 is 0 Å². The summed E-state index contributed by atoms with van der Waals surface area (Å²) >= 11 is 0. The van der Waals surface area contributed by atoms with Crippen molar-refractivity contribution in [2.45, 2.75) is 32.8 Å². The molecule has 1 fully saturated rings. The van der Waals surface area contributed by atoms with Gasteiger partial charge in [-0.05, 0) is 32.6 Å². The van der Waals surface area contributed by atoms with Gasteiger partial charge in [-0.25, -0.2) is 0 Å². The normalized spacial score (nSPS) is 20.9. The Morgan fingerprint density at radius 3 is 3.00 bits per heavy atom. The molecule has 1 amide bonds. The first-order valence-electron chi connectivity index (χ1n) is 5.64. The van der Waals surface area contributed by atoms with Crippen molar-refractivity contribution in [3.8, 4) is 0 Å². The zero-order chi connectivity index (χ0) is 11.1. The Kier molecular flexibility index (Phi) is 5.65. The monoisotopic (exact) mass is 215 g/mol. The Bertz CT molecular complexity index is 188. The maximum atomic E-state index is 11.3. The molecule has 88 valence electrons. The largest absolute Gasteiger partial charge is 0.381 e. The van der Waals surface area contributed by atoms with Crippen molar-refractivity contribution in [2.75, 3.05) is 26.4 Å². The van der Waals surface area contributed by atoms with E-state index in [4.69, 9.17) is 9.47 Å². The van der Waals surface area contributed by atoms with E-state index in [1.54, 1.807) is 0 Å². The fourth-order valence-corrected chi connectivity index (χ4v) is 1.52. The number of hydrogen-bond acceptors (Lipinski definition) is 3. The molecule has 0 radical (unpaired) electrons. The Morgan fingerprint density at radius 1 is 1.60 bits per heavy atom. The summed E-state index contributed by atoms with van der Waals surface area (Å²) in [6.07, 6.45) is 2.24. The molecule has 0 saturated carbocycles. The van der Waals surface area contributed by atoms with Crippen LogP contribution >= 0.6 is 0 Å². The molecule has 0 aromatic rings. The van der Waals surface area contributed by atoms with Crippen LogP contribution in [0.5, 0.6) is 0 Å². The summed E-state index contributed by atoms with van der Waals surface area (Å²) in [6, 6.07) is 0. The van der Waals surface area contributed by atoms with Crippen LogP contribution in [0.2, 0.25) is 0 Å². The molecule has 0 aromatic carbocycles. The predicted molar refractivity (Wildman–Crippen MR) is 57.6 cm³/mol. The number of amides is 1. The third-order valence-corrected chi connectivity index (χ3v) is 2.45. The van der Waals surface area contributed by atoms with E-state index in [1.165, 1.54) is 0 Å². The van der Waals surface area contributed by atoms with Crippen LogP contribution in [0, 0.1) is 5.92 Å². The van der Waals surface area contributed by atoms with Gasteiger partial charge in [0.05, 0.1) is 6.10 Å². The quantitative estimate of drug-likeness (QED) is 0.717. The molecule has 0 bridgehead atoms. The number of carbonyl (C=O) groups excluding carboxylic acids is 1. The predicted octanol–water partition coefficient (Wildman–Crippen LogP) is 0.954. The molecule has 1 rings (SSSR count). The van der Waals surface area contributed by atoms with E-state index < -0.39 is 0 Å². The van der Waals surface area contributed by atoms with Gasteiger partial charge in [-0.1, -0.05) is 0 Å². The van der Waals surface area contributed by atoms with Gasteiger partial charge < -0.3 is 14.8 Å². The average molecular weight is 215 g/mol. The van der Waals surface area contributed by atoms with Crippen molar-refractivity contribution in [3.63, 3.8) is 0 Å². The van der Waals surface area contributed by atoms with Crippen LogP contribution in [0.15, 0.2) is 0 Å². The fourth-order valence-electron chi connectivity index (χ4n) is 1.52. The summed E-state index contributed by atoms with van der Waals surface area (Å²) in [5.41, 5.74) is 0. The van der Waals surface area contributed by atoms with Crippen molar-refractivity contribution in [1.29, 1.82) is 0 Å². The molecule has 1 heterocycles. The highest BCUT2D eigenvalue weighted by atomic mass is 16.5. The van der Waals surface area contributed by atoms with Crippen LogP contribution in [0.25, 0.3) is 0 Å². The van der Waals surface area contributed by atoms with E-state index in [1.807, 2.05) is 13.8 Å². The fraction of sp³-hybridized carbons (Fsp3) is 0.909. The maximum Gasteiger partial charge on any atom is 0.246 e. The highest BCUT2D eigenvalue weighted by molar-refractivity contribution is 5.77. The molecule has 0 spiro atoms. The van der Waals surface area contributed by atoms with Crippen molar-refractivity contribution in [1.82, 2.24) is 5.32 Å². The van der Waals surface area contributed by atoms with Crippen molar-refractivity contribution >= 4 is 5.91 Å². The molecule has 1 unspecified atom stereocenters. The van der Waals surface area contributed by atoms with Gasteiger partial charge in [0.1, 0.15) is 6.61 Å². The summed E-state index contributed by atoms with van der Waals surface area (Å²) in [5, 5.41) is 2.85. The minimum Gasteiger partial charge on any atom is -0.381 e. The van der Waals surface area contributed by atoms with Gasteiger partial charge in [-0.2, -0.15) is 0 Å². The summed E-state index contributed by atoms with van der Waals surface area (Å²) in [5.74, 6) is 0.596. The van der Waals surface area contributed by atoms with E-state index in [2.05, 4.69) is 5.32 Å². The molecular formula is C11H21NO3. The topological polar surface area (TPSA) is 47.6 Å². The minimum absolute atomic E-state index is 0.0254. The molecule has 1 saturated heterocycles. The second-order valence-corrected chi connectivity index (χ2v) is 4.23. The molecule has 1 aliphatic heterocycles. The highest BCUT2D eigenvalue weighted by Gasteiger charge is 2.15. The van der Waals surface area contributed by atoms with Crippen LogP contribution < -0.4 is 5.32 Å². The summed E-state index contributed by atoms with van der Waals surface area (Å²) < 4.78 is 10.4. The van der Waals surface area contributed by atoms with Crippen LogP contribution in [0.4, 0.5) is 0 Å². The van der Waals surface area contributed by atoms with Gasteiger partial charge in [0.2, 0.25) is 5.91 Å². The summed E-state index contributed by atoms with van der Waals surface area (Å²) in [4.78, 5) is 11.3. The van der Waals surface area contributed by atoms with Gasteiger partial charge >= 0.3 is 0 Å². The van der Waals surface area contributed by atoms with E-state index in [9.17, 15) is 4.79 Å². The standard InChI is InChI=1S/C11H21NO3/c1-9(2)15-8-11(13)12-5-3-10-4-6-14-7-10/h9-10H,3-8H2,1-2H3,(H,12,13). The third kappa shape index (κ3) is 5.74. The molecule has 15 heavy (non-hydrogen) atoms. The third-order valence-electron chi connectivity index (χ3n) is 2.45. The first-order chi connectivity index (χ1) is 7.18. The number of rotatable bonds is 6. The Balaban J connectivity index is 1.96. The maximum absolute atomic E-state index is 11.3. The molecule has 4 nitrogen and oxygen atoms in total. The lowest BCUT2D eigenvalue weighted by Gasteiger charge is -2.10. The van der Waals surface area contributed by atoms with Gasteiger partial charge in [0.25, 0.3) is 0 Å². The Morgan fingerprint density at radius 2 is 2.40 bits per heavy atom. The van der Waals surface area contributed by atoms with Gasteiger partial charge in [0.15, 0.2) is 0 Å². The first-order valence-corrected chi connectivity index (χ1v) is 5.64.